The predicted octanol–water partition coefficient (Wildman–Crippen LogP) is 1.91. The van der Waals surface area contributed by atoms with Crippen molar-refractivity contribution in [3.05, 3.63) is 24.0 Å². The highest BCUT2D eigenvalue weighted by atomic mass is 16.3. The van der Waals surface area contributed by atoms with E-state index in [1.54, 1.807) is 6.92 Å². The lowest BCUT2D eigenvalue weighted by Crippen LogP contribution is -2.40. The highest BCUT2D eigenvalue weighted by Crippen LogP contribution is 2.18. The van der Waals surface area contributed by atoms with E-state index in [1.807, 2.05) is 18.3 Å². The first kappa shape index (κ1) is 14.9. The van der Waals surface area contributed by atoms with Gasteiger partial charge < -0.3 is 14.9 Å². The van der Waals surface area contributed by atoms with Crippen LogP contribution in [0, 0.1) is 0 Å². The van der Waals surface area contributed by atoms with Crippen LogP contribution in [0.5, 0.6) is 0 Å². The summed E-state index contributed by atoms with van der Waals surface area (Å²) in [5.41, 5.74) is 1.83. The molecule has 1 N–H and O–H groups in total. The predicted molar refractivity (Wildman–Crippen MR) is 75.9 cm³/mol. The molecule has 0 aromatic carbocycles. The van der Waals surface area contributed by atoms with Gasteiger partial charge in [0.2, 0.25) is 0 Å². The van der Waals surface area contributed by atoms with Gasteiger partial charge in [-0.2, -0.15) is 0 Å². The van der Waals surface area contributed by atoms with E-state index in [1.165, 1.54) is 0 Å². The summed E-state index contributed by atoms with van der Waals surface area (Å²) in [5.74, 6) is 0. The largest absolute Gasteiger partial charge is 0.387 e. The Labute approximate surface area is 110 Å². The Morgan fingerprint density at radius 3 is 2.33 bits per heavy atom. The second-order valence-electron chi connectivity index (χ2n) is 5.01. The number of pyridine rings is 1. The number of rotatable bonds is 6. The summed E-state index contributed by atoms with van der Waals surface area (Å²) < 4.78 is 0. The molecule has 102 valence electrons. The van der Waals surface area contributed by atoms with Gasteiger partial charge >= 0.3 is 0 Å². The lowest BCUT2D eigenvalue weighted by atomic mass is 10.2. The van der Waals surface area contributed by atoms with Crippen molar-refractivity contribution in [3.63, 3.8) is 0 Å². The molecular formula is C14H25N3O. The summed E-state index contributed by atoms with van der Waals surface area (Å²) >= 11 is 0. The van der Waals surface area contributed by atoms with E-state index in [-0.39, 0.29) is 0 Å². The number of hydrogen-bond donors (Lipinski definition) is 1. The highest BCUT2D eigenvalue weighted by Gasteiger charge is 2.14. The Kier molecular flexibility index (Phi) is 5.56. The minimum Gasteiger partial charge on any atom is -0.387 e. The molecule has 0 spiro atoms. The van der Waals surface area contributed by atoms with Crippen LogP contribution in [0.2, 0.25) is 0 Å². The van der Waals surface area contributed by atoms with Crippen molar-refractivity contribution in [1.82, 2.24) is 9.88 Å². The van der Waals surface area contributed by atoms with Crippen LogP contribution in [0.15, 0.2) is 18.3 Å². The number of likely N-dealkylation sites (N-methyl/N-ethyl adjacent to an activating group) is 2. The lowest BCUT2D eigenvalue weighted by Gasteiger charge is -2.31. The Bertz CT molecular complexity index is 349. The zero-order chi connectivity index (χ0) is 13.7. The zero-order valence-corrected chi connectivity index (χ0v) is 12.1. The van der Waals surface area contributed by atoms with Crippen molar-refractivity contribution in [3.8, 4) is 0 Å². The Balaban J connectivity index is 2.81. The van der Waals surface area contributed by atoms with E-state index < -0.39 is 6.10 Å². The third-order valence-electron chi connectivity index (χ3n) is 3.03. The summed E-state index contributed by atoms with van der Waals surface area (Å²) in [7, 11) is 4.16. The third kappa shape index (κ3) is 3.96. The summed E-state index contributed by atoms with van der Waals surface area (Å²) in [6.07, 6.45) is 1.34. The molecule has 0 aliphatic rings. The first-order valence-corrected chi connectivity index (χ1v) is 6.51. The molecule has 0 aliphatic carbocycles. The van der Waals surface area contributed by atoms with Crippen LogP contribution < -0.4 is 4.90 Å². The van der Waals surface area contributed by atoms with Crippen LogP contribution in [0.1, 0.15) is 32.6 Å². The number of anilines is 1. The maximum absolute atomic E-state index is 9.46. The van der Waals surface area contributed by atoms with Crippen LogP contribution in [0.25, 0.3) is 0 Å². The molecule has 0 radical (unpaired) electrons. The van der Waals surface area contributed by atoms with Crippen molar-refractivity contribution >= 4 is 5.69 Å². The molecule has 1 unspecified atom stereocenters. The molecular weight excluding hydrogens is 226 g/mol. The van der Waals surface area contributed by atoms with Gasteiger partial charge in [0.15, 0.2) is 0 Å². The fraction of sp³-hybridized carbons (Fsp3) is 0.643. The standard InChI is InChI=1S/C14H25N3O/c1-6-17(11(2)10-16(4)5)13-7-8-14(12(3)18)15-9-13/h7-9,11-12,18H,6,10H2,1-5H3/t11?,12-/m1/s1. The van der Waals surface area contributed by atoms with Gasteiger partial charge in [0, 0.05) is 19.1 Å². The van der Waals surface area contributed by atoms with Crippen LogP contribution >= 0.6 is 0 Å². The average Bonchev–Trinajstić information content (AvgIpc) is 2.29. The molecule has 4 nitrogen and oxygen atoms in total. The number of aliphatic hydroxyl groups excluding tert-OH is 1. The Hall–Kier alpha value is -1.13. The molecule has 0 aliphatic heterocycles. The van der Waals surface area contributed by atoms with E-state index >= 15 is 0 Å². The number of aromatic nitrogens is 1. The van der Waals surface area contributed by atoms with Crippen molar-refractivity contribution in [1.29, 1.82) is 0 Å². The second-order valence-corrected chi connectivity index (χ2v) is 5.01. The minimum absolute atomic E-state index is 0.434. The zero-order valence-electron chi connectivity index (χ0n) is 12.1. The van der Waals surface area contributed by atoms with Gasteiger partial charge in [-0.25, -0.2) is 0 Å². The molecule has 18 heavy (non-hydrogen) atoms. The van der Waals surface area contributed by atoms with Gasteiger partial charge in [0.1, 0.15) is 0 Å². The summed E-state index contributed by atoms with van der Waals surface area (Å²) in [6.45, 7) is 8.05. The van der Waals surface area contributed by atoms with E-state index in [4.69, 9.17) is 0 Å². The quantitative estimate of drug-likeness (QED) is 0.838. The smallest absolute Gasteiger partial charge is 0.0931 e. The van der Waals surface area contributed by atoms with Crippen LogP contribution in [0.4, 0.5) is 5.69 Å². The van der Waals surface area contributed by atoms with E-state index in [2.05, 4.69) is 42.7 Å². The van der Waals surface area contributed by atoms with Gasteiger partial charge in [-0.05, 0) is 47.0 Å². The Morgan fingerprint density at radius 1 is 1.28 bits per heavy atom. The molecule has 1 rings (SSSR count). The van der Waals surface area contributed by atoms with Gasteiger partial charge in [-0.15, -0.1) is 0 Å². The third-order valence-corrected chi connectivity index (χ3v) is 3.03. The fourth-order valence-corrected chi connectivity index (χ4v) is 2.19. The first-order valence-electron chi connectivity index (χ1n) is 6.51. The van der Waals surface area contributed by atoms with Crippen molar-refractivity contribution in [2.45, 2.75) is 32.9 Å². The van der Waals surface area contributed by atoms with Crippen LogP contribution in [-0.4, -0.2) is 48.2 Å². The van der Waals surface area contributed by atoms with Gasteiger partial charge in [-0.1, -0.05) is 0 Å². The number of hydrogen-bond acceptors (Lipinski definition) is 4. The van der Waals surface area contributed by atoms with Crippen molar-refractivity contribution in [2.75, 3.05) is 32.1 Å². The summed E-state index contributed by atoms with van der Waals surface area (Å²) in [4.78, 5) is 8.81. The molecule has 0 saturated heterocycles. The number of aliphatic hydroxyl groups is 1. The maximum Gasteiger partial charge on any atom is 0.0931 e. The summed E-state index contributed by atoms with van der Waals surface area (Å²) in [5, 5.41) is 9.46. The van der Waals surface area contributed by atoms with E-state index in [0.717, 1.165) is 24.5 Å². The molecule has 0 amide bonds. The van der Waals surface area contributed by atoms with Gasteiger partial charge in [-0.3, -0.25) is 4.98 Å². The average molecular weight is 251 g/mol. The van der Waals surface area contributed by atoms with Crippen LogP contribution in [-0.2, 0) is 0 Å². The first-order chi connectivity index (χ1) is 8.45. The highest BCUT2D eigenvalue weighted by molar-refractivity contribution is 5.45. The SMILES string of the molecule is CCN(c1ccc([C@@H](C)O)nc1)C(C)CN(C)C. The van der Waals surface area contributed by atoms with Gasteiger partial charge in [0.25, 0.3) is 0 Å². The van der Waals surface area contributed by atoms with Crippen molar-refractivity contribution in [2.24, 2.45) is 0 Å². The molecule has 1 aromatic heterocycles. The maximum atomic E-state index is 9.46. The van der Waals surface area contributed by atoms with E-state index in [0.29, 0.717) is 6.04 Å². The molecule has 1 aromatic rings. The fourth-order valence-electron chi connectivity index (χ4n) is 2.19. The summed E-state index contributed by atoms with van der Waals surface area (Å²) in [6, 6.07) is 4.36. The number of nitrogens with zero attached hydrogens (tertiary/aromatic N) is 3. The van der Waals surface area contributed by atoms with Crippen molar-refractivity contribution < 1.29 is 5.11 Å². The van der Waals surface area contributed by atoms with Crippen LogP contribution in [0.3, 0.4) is 0 Å². The minimum atomic E-state index is -0.506. The molecule has 1 heterocycles. The topological polar surface area (TPSA) is 39.6 Å². The normalized spacial score (nSPS) is 14.6. The second kappa shape index (κ2) is 6.71. The van der Waals surface area contributed by atoms with Gasteiger partial charge in [0.05, 0.1) is 23.7 Å². The molecule has 0 bridgehead atoms. The lowest BCUT2D eigenvalue weighted by molar-refractivity contribution is 0.194. The molecule has 2 atom stereocenters. The Morgan fingerprint density at radius 2 is 1.94 bits per heavy atom. The molecule has 4 heteroatoms. The molecule has 0 saturated carbocycles. The van der Waals surface area contributed by atoms with E-state index in [9.17, 15) is 5.11 Å². The monoisotopic (exact) mass is 251 g/mol. The molecule has 0 fully saturated rings.